The first-order valence-corrected chi connectivity index (χ1v) is 12.6. The van der Waals surface area contributed by atoms with E-state index in [1.807, 2.05) is 66.7 Å². The molecule has 188 valence electrons. The summed E-state index contributed by atoms with van der Waals surface area (Å²) >= 11 is 0. The van der Waals surface area contributed by atoms with E-state index in [9.17, 15) is 9.59 Å². The van der Waals surface area contributed by atoms with Gasteiger partial charge in [-0.15, -0.1) is 0 Å². The first-order valence-electron chi connectivity index (χ1n) is 12.6. The Labute approximate surface area is 220 Å². The number of nitrogens with two attached hydrogens (primary N) is 1. The molecule has 1 amide bonds. The Balaban J connectivity index is 1.22. The van der Waals surface area contributed by atoms with E-state index >= 15 is 0 Å². The van der Waals surface area contributed by atoms with E-state index in [-0.39, 0.29) is 11.5 Å². The molecule has 0 atom stereocenters. The maximum atomic E-state index is 13.3. The van der Waals surface area contributed by atoms with Crippen molar-refractivity contribution in [2.45, 2.75) is 19.5 Å². The SMILES string of the molecule is Nc1cc(-c2ccc3c(=O)n(Cc4cccc(C(=O)Nc5ccc6c(c5)CNCC6)c4)ccc3c2)ccn1. The molecular weight excluding hydrogens is 474 g/mol. The van der Waals surface area contributed by atoms with Gasteiger partial charge >= 0.3 is 0 Å². The van der Waals surface area contributed by atoms with Crippen LogP contribution in [0, 0.1) is 0 Å². The third-order valence-electron chi connectivity index (χ3n) is 6.98. The normalized spacial score (nSPS) is 12.7. The lowest BCUT2D eigenvalue weighted by atomic mass is 10.0. The number of fused-ring (bicyclic) bond motifs is 2. The zero-order chi connectivity index (χ0) is 26.1. The van der Waals surface area contributed by atoms with E-state index in [1.165, 1.54) is 11.1 Å². The Bertz CT molecular complexity index is 1740. The molecule has 7 heteroatoms. The number of carbonyl (C=O) groups is 1. The molecule has 0 saturated carbocycles. The predicted molar refractivity (Wildman–Crippen MR) is 151 cm³/mol. The second-order valence-corrected chi connectivity index (χ2v) is 9.58. The van der Waals surface area contributed by atoms with Crippen LogP contribution in [-0.4, -0.2) is 22.0 Å². The summed E-state index contributed by atoms with van der Waals surface area (Å²) < 4.78 is 1.67. The lowest BCUT2D eigenvalue weighted by Gasteiger charge is -2.18. The van der Waals surface area contributed by atoms with Crippen LogP contribution in [-0.2, 0) is 19.5 Å². The average Bonchev–Trinajstić information content (AvgIpc) is 2.94. The standard InChI is InChI=1S/C31H27N5O2/c32-29-17-23(9-12-34-29)22-5-7-28-24(15-22)10-13-36(31(28)38)19-20-2-1-3-25(14-20)30(37)35-27-6-4-21-8-11-33-18-26(21)16-27/h1-7,9-10,12-17,33H,8,11,18-19H2,(H2,32,34)(H,35,37). The van der Waals surface area contributed by atoms with Gasteiger partial charge in [0.1, 0.15) is 5.82 Å². The molecule has 0 radical (unpaired) electrons. The molecule has 4 N–H and O–H groups in total. The number of hydrogen-bond donors (Lipinski definition) is 3. The molecular formula is C31H27N5O2. The van der Waals surface area contributed by atoms with Crippen LogP contribution in [0.4, 0.5) is 11.5 Å². The second-order valence-electron chi connectivity index (χ2n) is 9.58. The predicted octanol–water partition coefficient (Wildman–Crippen LogP) is 4.59. The van der Waals surface area contributed by atoms with Crippen molar-refractivity contribution in [2.24, 2.45) is 0 Å². The third-order valence-corrected chi connectivity index (χ3v) is 6.98. The van der Waals surface area contributed by atoms with E-state index in [0.29, 0.717) is 23.3 Å². The number of benzene rings is 3. The molecule has 7 nitrogen and oxygen atoms in total. The number of aromatic nitrogens is 2. The van der Waals surface area contributed by atoms with Crippen LogP contribution >= 0.6 is 0 Å². The number of nitrogens with zero attached hydrogens (tertiary/aromatic N) is 2. The van der Waals surface area contributed by atoms with Gasteiger partial charge in [0.2, 0.25) is 0 Å². The van der Waals surface area contributed by atoms with Crippen molar-refractivity contribution in [1.82, 2.24) is 14.9 Å². The highest BCUT2D eigenvalue weighted by Gasteiger charge is 2.12. The van der Waals surface area contributed by atoms with E-state index in [4.69, 9.17) is 5.73 Å². The maximum absolute atomic E-state index is 13.3. The van der Waals surface area contributed by atoms with Crippen LogP contribution in [0.25, 0.3) is 21.9 Å². The smallest absolute Gasteiger partial charge is 0.258 e. The first kappa shape index (κ1) is 23.6. The fraction of sp³-hybridized carbons (Fsp3) is 0.129. The Hall–Kier alpha value is -4.75. The lowest BCUT2D eigenvalue weighted by molar-refractivity contribution is 0.102. The van der Waals surface area contributed by atoms with Gasteiger partial charge in [-0.3, -0.25) is 9.59 Å². The molecule has 0 unspecified atom stereocenters. The van der Waals surface area contributed by atoms with Crippen LogP contribution in [0.15, 0.2) is 96.1 Å². The number of pyridine rings is 2. The number of rotatable bonds is 5. The Morgan fingerprint density at radius 1 is 0.974 bits per heavy atom. The van der Waals surface area contributed by atoms with Crippen LogP contribution < -0.4 is 21.9 Å². The summed E-state index contributed by atoms with van der Waals surface area (Å²) in [5, 5.41) is 7.86. The van der Waals surface area contributed by atoms with Crippen molar-refractivity contribution in [1.29, 1.82) is 0 Å². The minimum atomic E-state index is -0.175. The highest BCUT2D eigenvalue weighted by molar-refractivity contribution is 6.04. The summed E-state index contributed by atoms with van der Waals surface area (Å²) in [6, 6.07) is 24.9. The molecule has 0 fully saturated rings. The molecule has 0 bridgehead atoms. The summed E-state index contributed by atoms with van der Waals surface area (Å²) in [5.74, 6) is 0.277. The first-order chi connectivity index (χ1) is 18.5. The molecule has 6 rings (SSSR count). The Morgan fingerprint density at radius 3 is 2.76 bits per heavy atom. The summed E-state index contributed by atoms with van der Waals surface area (Å²) in [4.78, 5) is 30.3. The monoisotopic (exact) mass is 501 g/mol. The highest BCUT2D eigenvalue weighted by atomic mass is 16.1. The summed E-state index contributed by atoms with van der Waals surface area (Å²) in [5.41, 5.74) is 12.4. The zero-order valence-electron chi connectivity index (χ0n) is 20.8. The van der Waals surface area contributed by atoms with E-state index < -0.39 is 0 Å². The van der Waals surface area contributed by atoms with Crippen molar-refractivity contribution in [2.75, 3.05) is 17.6 Å². The molecule has 2 aromatic heterocycles. The van der Waals surface area contributed by atoms with Crippen LogP contribution in [0.3, 0.4) is 0 Å². The number of nitrogen functional groups attached to an aromatic ring is 1. The minimum absolute atomic E-state index is 0.0826. The van der Waals surface area contributed by atoms with Gasteiger partial charge in [0.15, 0.2) is 0 Å². The number of amides is 1. The fourth-order valence-electron chi connectivity index (χ4n) is 4.99. The van der Waals surface area contributed by atoms with E-state index in [2.05, 4.69) is 21.7 Å². The molecule has 3 aromatic carbocycles. The van der Waals surface area contributed by atoms with Gasteiger partial charge in [0, 0.05) is 35.6 Å². The van der Waals surface area contributed by atoms with Crippen LogP contribution in [0.1, 0.15) is 27.0 Å². The Kier molecular flexibility index (Phi) is 6.19. The molecule has 0 aliphatic carbocycles. The fourth-order valence-corrected chi connectivity index (χ4v) is 4.99. The molecule has 0 spiro atoms. The van der Waals surface area contributed by atoms with Crippen LogP contribution in [0.5, 0.6) is 0 Å². The van der Waals surface area contributed by atoms with Gasteiger partial charge in [-0.1, -0.05) is 24.3 Å². The van der Waals surface area contributed by atoms with Crippen molar-refractivity contribution in [3.63, 3.8) is 0 Å². The average molecular weight is 502 g/mol. The molecule has 38 heavy (non-hydrogen) atoms. The van der Waals surface area contributed by atoms with Gasteiger partial charge in [-0.25, -0.2) is 4.98 Å². The third kappa shape index (κ3) is 4.79. The minimum Gasteiger partial charge on any atom is -0.384 e. The van der Waals surface area contributed by atoms with Crippen molar-refractivity contribution in [3.8, 4) is 11.1 Å². The quantitative estimate of drug-likeness (QED) is 0.327. The summed E-state index contributed by atoms with van der Waals surface area (Å²) in [6.45, 7) is 2.16. The number of nitrogens with one attached hydrogen (secondary N) is 2. The van der Waals surface area contributed by atoms with Crippen molar-refractivity contribution >= 4 is 28.2 Å². The highest BCUT2D eigenvalue weighted by Crippen LogP contribution is 2.24. The van der Waals surface area contributed by atoms with Gasteiger partial charge < -0.3 is 20.9 Å². The molecule has 3 heterocycles. The summed E-state index contributed by atoms with van der Waals surface area (Å²) in [6.07, 6.45) is 4.47. The number of anilines is 2. The molecule has 1 aliphatic heterocycles. The molecule has 0 saturated heterocycles. The zero-order valence-corrected chi connectivity index (χ0v) is 20.8. The van der Waals surface area contributed by atoms with Gasteiger partial charge in [-0.2, -0.15) is 0 Å². The molecule has 5 aromatic rings. The second kappa shape index (κ2) is 9.95. The number of hydrogen-bond acceptors (Lipinski definition) is 5. The van der Waals surface area contributed by atoms with Gasteiger partial charge in [0.05, 0.1) is 6.54 Å². The van der Waals surface area contributed by atoms with Crippen molar-refractivity contribution in [3.05, 3.63) is 124 Å². The van der Waals surface area contributed by atoms with Gasteiger partial charge in [0.25, 0.3) is 11.5 Å². The topological polar surface area (TPSA) is 102 Å². The Morgan fingerprint density at radius 2 is 1.87 bits per heavy atom. The molecule has 1 aliphatic rings. The number of carbonyl (C=O) groups excluding carboxylic acids is 1. The van der Waals surface area contributed by atoms with E-state index in [0.717, 1.165) is 47.3 Å². The largest absolute Gasteiger partial charge is 0.384 e. The van der Waals surface area contributed by atoms with Crippen molar-refractivity contribution < 1.29 is 4.79 Å². The summed E-state index contributed by atoms with van der Waals surface area (Å²) in [7, 11) is 0. The van der Waals surface area contributed by atoms with Gasteiger partial charge in [-0.05, 0) is 101 Å². The van der Waals surface area contributed by atoms with Crippen LogP contribution in [0.2, 0.25) is 0 Å². The lowest BCUT2D eigenvalue weighted by Crippen LogP contribution is -2.23. The van der Waals surface area contributed by atoms with E-state index in [1.54, 1.807) is 23.0 Å². The maximum Gasteiger partial charge on any atom is 0.258 e.